The van der Waals surface area contributed by atoms with Crippen molar-refractivity contribution in [2.75, 3.05) is 13.1 Å². The van der Waals surface area contributed by atoms with Gasteiger partial charge in [0.15, 0.2) is 5.76 Å². The lowest BCUT2D eigenvalue weighted by molar-refractivity contribution is -0.134. The molecule has 1 fully saturated rings. The number of hydrogen-bond acceptors (Lipinski definition) is 5. The normalized spacial score (nSPS) is 16.3. The smallest absolute Gasteiger partial charge is 0.305 e. The van der Waals surface area contributed by atoms with Gasteiger partial charge in [-0.15, -0.1) is 0 Å². The molecule has 0 bridgehead atoms. The number of furan rings is 1. The van der Waals surface area contributed by atoms with Crippen LogP contribution in [-0.2, 0) is 16.2 Å². The number of hydrogen-bond donors (Lipinski definition) is 2. The van der Waals surface area contributed by atoms with Crippen LogP contribution in [0.2, 0.25) is 0 Å². The first-order valence-corrected chi connectivity index (χ1v) is 9.15. The van der Waals surface area contributed by atoms with E-state index in [0.717, 1.165) is 6.42 Å². The zero-order valence-electron chi connectivity index (χ0n) is 15.6. The van der Waals surface area contributed by atoms with Gasteiger partial charge in [0.2, 0.25) is 11.8 Å². The van der Waals surface area contributed by atoms with E-state index in [1.54, 1.807) is 11.0 Å². The maximum Gasteiger partial charge on any atom is 0.305 e. The number of benzene rings is 1. The highest BCUT2D eigenvalue weighted by Crippen LogP contribution is 2.17. The summed E-state index contributed by atoms with van der Waals surface area (Å²) in [5, 5.41) is 0. The Morgan fingerprint density at radius 2 is 1.93 bits per heavy atom. The van der Waals surface area contributed by atoms with Crippen molar-refractivity contribution in [1.82, 2.24) is 15.8 Å². The van der Waals surface area contributed by atoms with E-state index in [4.69, 9.17) is 9.15 Å². The molecule has 2 heterocycles. The van der Waals surface area contributed by atoms with Crippen LogP contribution in [0.1, 0.15) is 36.1 Å². The summed E-state index contributed by atoms with van der Waals surface area (Å²) in [6.45, 7) is 2.69. The molecule has 8 nitrogen and oxygen atoms in total. The standard InChI is InChI=1S/C20H23N3O5/c1-14(24)23-11-5-6-15(12-23)19(25)21-22-20(26)18-10-9-17(28-18)13-27-16-7-3-2-4-8-16/h2-4,7-10,15H,5-6,11-13H2,1H3,(H,21,25)(H,22,26)/t15-/m0/s1. The van der Waals surface area contributed by atoms with E-state index in [0.29, 0.717) is 31.0 Å². The van der Waals surface area contributed by atoms with Crippen molar-refractivity contribution >= 4 is 17.7 Å². The maximum atomic E-state index is 12.3. The third-order valence-electron chi connectivity index (χ3n) is 4.55. The Bertz CT molecular complexity index is 833. The third-order valence-corrected chi connectivity index (χ3v) is 4.55. The molecule has 3 amide bonds. The number of likely N-dealkylation sites (tertiary alicyclic amines) is 1. The molecule has 0 spiro atoms. The van der Waals surface area contributed by atoms with Crippen molar-refractivity contribution in [3.8, 4) is 5.75 Å². The molecule has 0 radical (unpaired) electrons. The zero-order valence-corrected chi connectivity index (χ0v) is 15.6. The average molecular weight is 385 g/mol. The zero-order chi connectivity index (χ0) is 19.9. The van der Waals surface area contributed by atoms with Gasteiger partial charge in [0.25, 0.3) is 0 Å². The lowest BCUT2D eigenvalue weighted by Crippen LogP contribution is -2.49. The SMILES string of the molecule is CC(=O)N1CCC[C@H](C(=O)NNC(=O)c2ccc(COc3ccccc3)o2)C1. The number of rotatable bonds is 5. The summed E-state index contributed by atoms with van der Waals surface area (Å²) in [7, 11) is 0. The minimum atomic E-state index is -0.557. The first-order chi connectivity index (χ1) is 13.5. The summed E-state index contributed by atoms with van der Waals surface area (Å²) in [6.07, 6.45) is 1.43. The fourth-order valence-corrected chi connectivity index (χ4v) is 3.01. The van der Waals surface area contributed by atoms with Crippen LogP contribution in [0.5, 0.6) is 5.75 Å². The fraction of sp³-hybridized carbons (Fsp3) is 0.350. The first kappa shape index (κ1) is 19.5. The van der Waals surface area contributed by atoms with Crippen molar-refractivity contribution in [3.63, 3.8) is 0 Å². The summed E-state index contributed by atoms with van der Waals surface area (Å²) in [5.74, 6) is -0.0151. The Morgan fingerprint density at radius 1 is 1.14 bits per heavy atom. The topological polar surface area (TPSA) is 101 Å². The van der Waals surface area contributed by atoms with Gasteiger partial charge in [0, 0.05) is 20.0 Å². The quantitative estimate of drug-likeness (QED) is 0.766. The van der Waals surface area contributed by atoms with Crippen LogP contribution in [0.3, 0.4) is 0 Å². The number of nitrogens with zero attached hydrogens (tertiary/aromatic N) is 1. The predicted molar refractivity (Wildman–Crippen MR) is 100 cm³/mol. The molecule has 1 aliphatic rings. The van der Waals surface area contributed by atoms with Crippen LogP contribution in [0.15, 0.2) is 46.9 Å². The minimum Gasteiger partial charge on any atom is -0.486 e. The number of carbonyl (C=O) groups is 3. The van der Waals surface area contributed by atoms with E-state index in [-0.39, 0.29) is 30.1 Å². The van der Waals surface area contributed by atoms with Crippen molar-refractivity contribution in [1.29, 1.82) is 0 Å². The summed E-state index contributed by atoms with van der Waals surface area (Å²) < 4.78 is 11.0. The summed E-state index contributed by atoms with van der Waals surface area (Å²) in [4.78, 5) is 37.5. The Morgan fingerprint density at radius 3 is 2.68 bits per heavy atom. The molecule has 1 aromatic heterocycles. The summed E-state index contributed by atoms with van der Waals surface area (Å²) in [6, 6.07) is 12.4. The number of piperidine rings is 1. The van der Waals surface area contributed by atoms with Crippen molar-refractivity contribution in [3.05, 3.63) is 54.0 Å². The van der Waals surface area contributed by atoms with Crippen molar-refractivity contribution < 1.29 is 23.5 Å². The highest BCUT2D eigenvalue weighted by Gasteiger charge is 2.27. The molecule has 1 aliphatic heterocycles. The van der Waals surface area contributed by atoms with Crippen molar-refractivity contribution in [2.45, 2.75) is 26.4 Å². The second kappa shape index (κ2) is 9.07. The number of carbonyl (C=O) groups excluding carboxylic acids is 3. The summed E-state index contributed by atoms with van der Waals surface area (Å²) >= 11 is 0. The van der Waals surface area contributed by atoms with Crippen molar-refractivity contribution in [2.24, 2.45) is 5.92 Å². The molecule has 0 unspecified atom stereocenters. The van der Waals surface area contributed by atoms with Crippen LogP contribution in [0, 0.1) is 5.92 Å². The average Bonchev–Trinajstić information content (AvgIpc) is 3.20. The largest absolute Gasteiger partial charge is 0.486 e. The monoisotopic (exact) mass is 385 g/mol. The van der Waals surface area contributed by atoms with Crippen LogP contribution in [0.25, 0.3) is 0 Å². The first-order valence-electron chi connectivity index (χ1n) is 9.15. The van der Waals surface area contributed by atoms with E-state index in [2.05, 4.69) is 10.9 Å². The van der Waals surface area contributed by atoms with Gasteiger partial charge in [0.05, 0.1) is 5.92 Å². The van der Waals surface area contributed by atoms with Gasteiger partial charge in [-0.05, 0) is 37.1 Å². The number of nitrogens with one attached hydrogen (secondary N) is 2. The Hall–Kier alpha value is -3.29. The summed E-state index contributed by atoms with van der Waals surface area (Å²) in [5.41, 5.74) is 4.76. The molecule has 28 heavy (non-hydrogen) atoms. The molecular formula is C20H23N3O5. The second-order valence-electron chi connectivity index (χ2n) is 6.62. The van der Waals surface area contributed by atoms with Gasteiger partial charge >= 0.3 is 5.91 Å². The van der Waals surface area contributed by atoms with Crippen LogP contribution in [-0.4, -0.2) is 35.7 Å². The van der Waals surface area contributed by atoms with E-state index in [1.807, 2.05) is 30.3 Å². The molecule has 3 rings (SSSR count). The van der Waals surface area contributed by atoms with Gasteiger partial charge in [0.1, 0.15) is 18.1 Å². The third kappa shape index (κ3) is 5.12. The van der Waals surface area contributed by atoms with Gasteiger partial charge in [-0.2, -0.15) is 0 Å². The molecule has 0 aliphatic carbocycles. The van der Waals surface area contributed by atoms with Gasteiger partial charge in [-0.25, -0.2) is 0 Å². The van der Waals surface area contributed by atoms with Crippen LogP contribution < -0.4 is 15.6 Å². The maximum absolute atomic E-state index is 12.3. The number of ether oxygens (including phenoxy) is 1. The second-order valence-corrected chi connectivity index (χ2v) is 6.62. The molecular weight excluding hydrogens is 362 g/mol. The number of hydrazine groups is 1. The Labute approximate surface area is 162 Å². The molecule has 1 atom stereocenters. The molecule has 1 saturated heterocycles. The van der Waals surface area contributed by atoms with E-state index >= 15 is 0 Å². The van der Waals surface area contributed by atoms with Gasteiger partial charge in [-0.1, -0.05) is 18.2 Å². The Balaban J connectivity index is 1.46. The van der Waals surface area contributed by atoms with Crippen LogP contribution >= 0.6 is 0 Å². The fourth-order valence-electron chi connectivity index (χ4n) is 3.01. The predicted octanol–water partition coefficient (Wildman–Crippen LogP) is 1.88. The number of para-hydroxylation sites is 1. The van der Waals surface area contributed by atoms with Gasteiger partial charge in [-0.3, -0.25) is 25.2 Å². The molecule has 8 heteroatoms. The van der Waals surface area contributed by atoms with E-state index < -0.39 is 5.91 Å². The molecule has 2 aromatic rings. The van der Waals surface area contributed by atoms with E-state index in [9.17, 15) is 14.4 Å². The Kier molecular flexibility index (Phi) is 6.31. The van der Waals surface area contributed by atoms with E-state index in [1.165, 1.54) is 13.0 Å². The highest BCUT2D eigenvalue weighted by atomic mass is 16.5. The molecule has 2 N–H and O–H groups in total. The van der Waals surface area contributed by atoms with Gasteiger partial charge < -0.3 is 14.1 Å². The molecule has 1 aromatic carbocycles. The number of amides is 3. The van der Waals surface area contributed by atoms with Crippen LogP contribution in [0.4, 0.5) is 0 Å². The lowest BCUT2D eigenvalue weighted by Gasteiger charge is -2.31. The molecule has 0 saturated carbocycles. The highest BCUT2D eigenvalue weighted by molar-refractivity contribution is 5.93. The molecule has 148 valence electrons. The lowest BCUT2D eigenvalue weighted by atomic mass is 9.97. The minimum absolute atomic E-state index is 0.0534.